The predicted octanol–water partition coefficient (Wildman–Crippen LogP) is 2.52. The first-order valence-electron chi connectivity index (χ1n) is 9.13. The van der Waals surface area contributed by atoms with Gasteiger partial charge in [-0.15, -0.1) is 0 Å². The molecule has 4 rings (SSSR count). The van der Waals surface area contributed by atoms with Crippen LogP contribution >= 0.6 is 0 Å². The average Bonchev–Trinajstić information content (AvgIpc) is 2.49. The highest BCUT2D eigenvalue weighted by molar-refractivity contribution is 7.86. The molecule has 2 unspecified atom stereocenters. The van der Waals surface area contributed by atoms with Gasteiger partial charge in [0.05, 0.1) is 6.42 Å². The van der Waals surface area contributed by atoms with E-state index < -0.39 is 44.9 Å². The highest BCUT2D eigenvalue weighted by Crippen LogP contribution is 2.64. The molecule has 4 saturated carbocycles. The number of carbonyl (C=O) groups is 2. The molecule has 0 amide bonds. The molecule has 0 N–H and O–H groups in total. The van der Waals surface area contributed by atoms with Crippen molar-refractivity contribution in [2.45, 2.75) is 62.7 Å². The molecule has 4 aliphatic carbocycles. The number of esters is 2. The Labute approximate surface area is 162 Å². The zero-order valence-corrected chi connectivity index (χ0v) is 16.4. The molecule has 0 aromatic heterocycles. The zero-order chi connectivity index (χ0) is 21.0. The maximum Gasteiger partial charge on any atom is 0.367 e. The lowest BCUT2D eigenvalue weighted by atomic mass is 9.47. The second kappa shape index (κ2) is 6.76. The van der Waals surface area contributed by atoms with Gasteiger partial charge in [0.15, 0.2) is 16.7 Å². The monoisotopic (exact) mass is 421 g/mol. The molecular weight excluding hydrogens is 398 g/mol. The van der Waals surface area contributed by atoms with Crippen molar-refractivity contribution in [3.8, 4) is 0 Å². The van der Waals surface area contributed by atoms with Gasteiger partial charge in [0, 0.05) is 5.57 Å². The minimum absolute atomic E-state index is 0.179. The molecule has 2 atom stereocenters. The first-order valence-corrected chi connectivity index (χ1v) is 10.5. The van der Waals surface area contributed by atoms with Crippen LogP contribution in [-0.4, -0.2) is 42.4 Å². The Hall–Kier alpha value is -1.55. The van der Waals surface area contributed by atoms with E-state index in [1.807, 2.05) is 0 Å². The van der Waals surface area contributed by atoms with Crippen LogP contribution in [0.25, 0.3) is 0 Å². The number of alkyl halides is 2. The number of carbonyl (C=O) groups excluding carboxylic acids is 2. The summed E-state index contributed by atoms with van der Waals surface area (Å²) in [6.07, 6.45) is 4.01. The van der Waals surface area contributed by atoms with Crippen LogP contribution in [0.15, 0.2) is 12.2 Å². The SMILES string of the molecule is C=C(C)C(=O)OC12CC3CC(CC(CC(=O)OCC(F)(F)S(=O)(=O)[O-])(C3)C1)C2. The van der Waals surface area contributed by atoms with Gasteiger partial charge in [-0.3, -0.25) is 4.79 Å². The molecule has 0 spiro atoms. The molecule has 4 fully saturated rings. The van der Waals surface area contributed by atoms with Crippen LogP contribution in [0.3, 0.4) is 0 Å². The normalized spacial score (nSPS) is 34.1. The van der Waals surface area contributed by atoms with Crippen LogP contribution in [-0.2, 0) is 29.2 Å². The van der Waals surface area contributed by atoms with E-state index in [0.29, 0.717) is 32.1 Å². The van der Waals surface area contributed by atoms with Crippen LogP contribution in [0.4, 0.5) is 8.78 Å². The summed E-state index contributed by atoms with van der Waals surface area (Å²) >= 11 is 0. The van der Waals surface area contributed by atoms with Gasteiger partial charge >= 0.3 is 17.2 Å². The van der Waals surface area contributed by atoms with Gasteiger partial charge in [-0.2, -0.15) is 8.78 Å². The average molecular weight is 421 g/mol. The lowest BCUT2D eigenvalue weighted by molar-refractivity contribution is -0.201. The first kappa shape index (κ1) is 21.2. The first-order chi connectivity index (χ1) is 12.7. The highest BCUT2D eigenvalue weighted by Gasteiger charge is 2.60. The van der Waals surface area contributed by atoms with Crippen LogP contribution in [0.2, 0.25) is 0 Å². The largest absolute Gasteiger partial charge is 0.743 e. The topological polar surface area (TPSA) is 110 Å². The Morgan fingerprint density at radius 2 is 1.79 bits per heavy atom. The van der Waals surface area contributed by atoms with Gasteiger partial charge in [-0.25, -0.2) is 13.2 Å². The Kier molecular flexibility index (Phi) is 5.11. The van der Waals surface area contributed by atoms with Crippen molar-refractivity contribution >= 4 is 22.1 Å². The third kappa shape index (κ3) is 4.07. The summed E-state index contributed by atoms with van der Waals surface area (Å²) in [7, 11) is -5.91. The van der Waals surface area contributed by atoms with E-state index in [1.54, 1.807) is 6.92 Å². The van der Waals surface area contributed by atoms with E-state index >= 15 is 0 Å². The number of halogens is 2. The number of hydrogen-bond donors (Lipinski definition) is 0. The predicted molar refractivity (Wildman–Crippen MR) is 91.0 cm³/mol. The summed E-state index contributed by atoms with van der Waals surface area (Å²) in [5.41, 5.74) is -0.949. The van der Waals surface area contributed by atoms with Gasteiger partial charge < -0.3 is 14.0 Å². The summed E-state index contributed by atoms with van der Waals surface area (Å²) in [5, 5.41) is -4.66. The summed E-state index contributed by atoms with van der Waals surface area (Å²) in [6, 6.07) is 0. The molecule has 0 heterocycles. The molecule has 0 aromatic rings. The molecule has 4 bridgehead atoms. The second-order valence-electron chi connectivity index (χ2n) is 8.74. The molecular formula is C18H23F2O7S-. The molecule has 7 nitrogen and oxygen atoms in total. The third-order valence-electron chi connectivity index (χ3n) is 6.07. The van der Waals surface area contributed by atoms with Crippen molar-refractivity contribution in [2.24, 2.45) is 17.3 Å². The molecule has 0 aromatic carbocycles. The highest BCUT2D eigenvalue weighted by atomic mass is 32.2. The Balaban J connectivity index is 1.69. The van der Waals surface area contributed by atoms with E-state index in [2.05, 4.69) is 11.3 Å². The fourth-order valence-corrected chi connectivity index (χ4v) is 5.77. The minimum atomic E-state index is -5.91. The molecule has 158 valence electrons. The van der Waals surface area contributed by atoms with Crippen LogP contribution in [0, 0.1) is 17.3 Å². The minimum Gasteiger partial charge on any atom is -0.743 e. The lowest BCUT2D eigenvalue weighted by Gasteiger charge is -2.61. The molecule has 0 aliphatic heterocycles. The molecule has 28 heavy (non-hydrogen) atoms. The summed E-state index contributed by atoms with van der Waals surface area (Å²) in [4.78, 5) is 24.2. The summed E-state index contributed by atoms with van der Waals surface area (Å²) < 4.78 is 68.2. The second-order valence-corrected chi connectivity index (χ2v) is 10.2. The maximum absolute atomic E-state index is 13.2. The lowest BCUT2D eigenvalue weighted by Crippen LogP contribution is -2.58. The molecule has 10 heteroatoms. The third-order valence-corrected chi connectivity index (χ3v) is 6.92. The van der Waals surface area contributed by atoms with Gasteiger partial charge in [0.1, 0.15) is 5.60 Å². The van der Waals surface area contributed by atoms with E-state index in [9.17, 15) is 31.3 Å². The standard InChI is InChI=1S/C18H24F2O7S/c1-11(2)15(22)27-17-6-12-3-13(7-17)5-16(4-12,9-17)8-14(21)26-10-18(19,20)28(23,24)25/h12-13H,1,3-10H2,2H3,(H,23,24,25)/p-1. The quantitative estimate of drug-likeness (QED) is 0.353. The number of ether oxygens (including phenoxy) is 2. The fourth-order valence-electron chi connectivity index (χ4n) is 5.57. The van der Waals surface area contributed by atoms with Crippen molar-refractivity contribution in [2.75, 3.05) is 6.61 Å². The molecule has 4 aliphatic rings. The van der Waals surface area contributed by atoms with Crippen LogP contribution < -0.4 is 0 Å². The molecule has 0 saturated heterocycles. The summed E-state index contributed by atoms with van der Waals surface area (Å²) in [6.45, 7) is 3.35. The van der Waals surface area contributed by atoms with Gasteiger partial charge in [0.25, 0.3) is 0 Å². The van der Waals surface area contributed by atoms with Crippen molar-refractivity contribution in [1.82, 2.24) is 0 Å². The Morgan fingerprint density at radius 1 is 1.21 bits per heavy atom. The van der Waals surface area contributed by atoms with E-state index in [0.717, 1.165) is 6.42 Å². The van der Waals surface area contributed by atoms with Crippen molar-refractivity contribution in [1.29, 1.82) is 0 Å². The smallest absolute Gasteiger partial charge is 0.367 e. The number of rotatable bonds is 7. The molecule has 0 radical (unpaired) electrons. The van der Waals surface area contributed by atoms with Crippen LogP contribution in [0.5, 0.6) is 0 Å². The van der Waals surface area contributed by atoms with E-state index in [1.165, 1.54) is 0 Å². The summed E-state index contributed by atoms with van der Waals surface area (Å²) in [5.74, 6) is -0.947. The zero-order valence-electron chi connectivity index (χ0n) is 15.5. The van der Waals surface area contributed by atoms with E-state index in [4.69, 9.17) is 4.74 Å². The van der Waals surface area contributed by atoms with Crippen molar-refractivity contribution in [3.63, 3.8) is 0 Å². The van der Waals surface area contributed by atoms with Gasteiger partial charge in [-0.1, -0.05) is 6.58 Å². The van der Waals surface area contributed by atoms with Crippen molar-refractivity contribution < 1.29 is 40.8 Å². The Morgan fingerprint density at radius 3 is 2.29 bits per heavy atom. The number of hydrogen-bond acceptors (Lipinski definition) is 7. The van der Waals surface area contributed by atoms with Gasteiger partial charge in [-0.05, 0) is 62.7 Å². The van der Waals surface area contributed by atoms with Gasteiger partial charge in [0.2, 0.25) is 0 Å². The van der Waals surface area contributed by atoms with Crippen molar-refractivity contribution in [3.05, 3.63) is 12.2 Å². The fraction of sp³-hybridized carbons (Fsp3) is 0.778. The van der Waals surface area contributed by atoms with Crippen LogP contribution in [0.1, 0.15) is 51.9 Å². The maximum atomic E-state index is 13.2. The Bertz CT molecular complexity index is 791. The van der Waals surface area contributed by atoms with E-state index in [-0.39, 0.29) is 23.8 Å².